The molecule has 20 heavy (non-hydrogen) atoms. The molecule has 0 aromatic heterocycles. The number of hydrogen-bond acceptors (Lipinski definition) is 2. The highest BCUT2D eigenvalue weighted by Gasteiger charge is 2.36. The summed E-state index contributed by atoms with van der Waals surface area (Å²) in [5.74, 6) is -0.870. The van der Waals surface area contributed by atoms with E-state index in [1.165, 1.54) is 24.3 Å². The molecule has 0 unspecified atom stereocenters. The lowest BCUT2D eigenvalue weighted by Crippen LogP contribution is -2.29. The molecular formula is C15H9F2NO2. The molecule has 0 saturated heterocycles. The predicted octanol–water partition coefficient (Wildman–Crippen LogP) is 3.42. The standard InChI is InChI=1S/C15H9F2NO2/c16-13(17)9-5-7-10(8-6-9)18-14(19)11-3-1-2-4-12(11)15(18)20/h1-8,13H. The van der Waals surface area contributed by atoms with Gasteiger partial charge in [0.15, 0.2) is 0 Å². The van der Waals surface area contributed by atoms with Gasteiger partial charge in [0.05, 0.1) is 16.8 Å². The fourth-order valence-corrected chi connectivity index (χ4v) is 2.19. The van der Waals surface area contributed by atoms with E-state index in [0.29, 0.717) is 16.8 Å². The van der Waals surface area contributed by atoms with Crippen molar-refractivity contribution in [1.29, 1.82) is 0 Å². The van der Waals surface area contributed by atoms with E-state index in [0.717, 1.165) is 4.90 Å². The molecule has 1 heterocycles. The second-order valence-corrected chi connectivity index (χ2v) is 4.38. The summed E-state index contributed by atoms with van der Waals surface area (Å²) in [6.07, 6.45) is -2.58. The van der Waals surface area contributed by atoms with Crippen LogP contribution in [0.25, 0.3) is 0 Å². The Kier molecular flexibility index (Phi) is 2.82. The molecule has 0 bridgehead atoms. The van der Waals surface area contributed by atoms with Gasteiger partial charge >= 0.3 is 0 Å². The van der Waals surface area contributed by atoms with Gasteiger partial charge < -0.3 is 0 Å². The van der Waals surface area contributed by atoms with E-state index in [4.69, 9.17) is 0 Å². The third-order valence-corrected chi connectivity index (χ3v) is 3.20. The second kappa shape index (κ2) is 4.52. The highest BCUT2D eigenvalue weighted by molar-refractivity contribution is 6.34. The molecule has 2 aromatic rings. The van der Waals surface area contributed by atoms with Gasteiger partial charge in [-0.2, -0.15) is 0 Å². The summed E-state index contributed by atoms with van der Waals surface area (Å²) >= 11 is 0. The van der Waals surface area contributed by atoms with Gasteiger partial charge in [0.2, 0.25) is 0 Å². The molecule has 0 atom stereocenters. The van der Waals surface area contributed by atoms with Gasteiger partial charge in [0.1, 0.15) is 0 Å². The van der Waals surface area contributed by atoms with Crippen LogP contribution in [0.4, 0.5) is 14.5 Å². The van der Waals surface area contributed by atoms with E-state index in [1.807, 2.05) is 0 Å². The first kappa shape index (κ1) is 12.5. The minimum Gasteiger partial charge on any atom is -0.268 e. The van der Waals surface area contributed by atoms with Crippen LogP contribution in [-0.2, 0) is 0 Å². The number of amides is 2. The van der Waals surface area contributed by atoms with Crippen molar-refractivity contribution in [3.63, 3.8) is 0 Å². The molecule has 0 aliphatic carbocycles. The lowest BCUT2D eigenvalue weighted by Gasteiger charge is -2.14. The van der Waals surface area contributed by atoms with Crippen LogP contribution in [0, 0.1) is 0 Å². The molecule has 3 nitrogen and oxygen atoms in total. The number of carbonyl (C=O) groups excluding carboxylic acids is 2. The molecule has 100 valence electrons. The van der Waals surface area contributed by atoms with E-state index in [1.54, 1.807) is 24.3 Å². The average molecular weight is 273 g/mol. The van der Waals surface area contributed by atoms with Crippen LogP contribution >= 0.6 is 0 Å². The van der Waals surface area contributed by atoms with Crippen LogP contribution in [0.5, 0.6) is 0 Å². The number of anilines is 1. The van der Waals surface area contributed by atoms with Crippen LogP contribution < -0.4 is 4.90 Å². The SMILES string of the molecule is O=C1c2ccccc2C(=O)N1c1ccc(C(F)F)cc1. The predicted molar refractivity (Wildman–Crippen MR) is 69.0 cm³/mol. The minimum absolute atomic E-state index is 0.148. The van der Waals surface area contributed by atoms with Crippen molar-refractivity contribution in [2.75, 3.05) is 4.90 Å². The van der Waals surface area contributed by atoms with E-state index >= 15 is 0 Å². The number of nitrogens with zero attached hydrogens (tertiary/aromatic N) is 1. The van der Waals surface area contributed by atoms with Crippen molar-refractivity contribution in [1.82, 2.24) is 0 Å². The molecule has 0 radical (unpaired) electrons. The number of fused-ring (bicyclic) bond motifs is 1. The van der Waals surface area contributed by atoms with E-state index in [9.17, 15) is 18.4 Å². The molecule has 0 N–H and O–H groups in total. The monoisotopic (exact) mass is 273 g/mol. The number of benzene rings is 2. The first-order valence-electron chi connectivity index (χ1n) is 5.95. The molecule has 3 rings (SSSR count). The maximum atomic E-state index is 12.5. The summed E-state index contributed by atoms with van der Waals surface area (Å²) in [7, 11) is 0. The summed E-state index contributed by atoms with van der Waals surface area (Å²) in [5, 5.41) is 0. The van der Waals surface area contributed by atoms with E-state index in [2.05, 4.69) is 0 Å². The van der Waals surface area contributed by atoms with Crippen LogP contribution in [0.1, 0.15) is 32.7 Å². The number of carbonyl (C=O) groups is 2. The average Bonchev–Trinajstić information content (AvgIpc) is 2.72. The van der Waals surface area contributed by atoms with Crippen molar-refractivity contribution in [2.45, 2.75) is 6.43 Å². The van der Waals surface area contributed by atoms with Crippen LogP contribution in [0.15, 0.2) is 48.5 Å². The molecule has 2 aromatic carbocycles. The Morgan fingerprint density at radius 3 is 1.75 bits per heavy atom. The van der Waals surface area contributed by atoms with Gasteiger partial charge in [-0.05, 0) is 24.3 Å². The Morgan fingerprint density at radius 1 is 0.800 bits per heavy atom. The Bertz CT molecular complexity index is 660. The Labute approximate surface area is 113 Å². The minimum atomic E-state index is -2.58. The number of alkyl halides is 2. The smallest absolute Gasteiger partial charge is 0.266 e. The number of hydrogen-bond donors (Lipinski definition) is 0. The molecule has 0 spiro atoms. The van der Waals surface area contributed by atoms with Crippen molar-refractivity contribution in [2.24, 2.45) is 0 Å². The number of rotatable bonds is 2. The maximum absolute atomic E-state index is 12.5. The molecule has 0 fully saturated rings. The fraction of sp³-hybridized carbons (Fsp3) is 0.0667. The molecule has 1 aliphatic rings. The molecule has 0 saturated carbocycles. The zero-order chi connectivity index (χ0) is 14.3. The van der Waals surface area contributed by atoms with Gasteiger partial charge in [-0.1, -0.05) is 24.3 Å². The van der Waals surface area contributed by atoms with Crippen LogP contribution in [0.2, 0.25) is 0 Å². The van der Waals surface area contributed by atoms with E-state index < -0.39 is 18.2 Å². The van der Waals surface area contributed by atoms with Gasteiger partial charge in [0.25, 0.3) is 18.2 Å². The third kappa shape index (κ3) is 1.79. The van der Waals surface area contributed by atoms with Crippen molar-refractivity contribution in [3.05, 3.63) is 65.2 Å². The summed E-state index contributed by atoms with van der Waals surface area (Å²) in [5.41, 5.74) is 0.803. The molecular weight excluding hydrogens is 264 g/mol. The maximum Gasteiger partial charge on any atom is 0.266 e. The molecule has 2 amide bonds. The van der Waals surface area contributed by atoms with Gasteiger partial charge in [-0.3, -0.25) is 9.59 Å². The van der Waals surface area contributed by atoms with Gasteiger partial charge in [-0.25, -0.2) is 13.7 Å². The molecule has 5 heteroatoms. The summed E-state index contributed by atoms with van der Waals surface area (Å²) in [4.78, 5) is 25.4. The van der Waals surface area contributed by atoms with Gasteiger partial charge in [-0.15, -0.1) is 0 Å². The lowest BCUT2D eigenvalue weighted by molar-refractivity contribution is 0.0926. The number of halogens is 2. The van der Waals surface area contributed by atoms with Crippen molar-refractivity contribution in [3.8, 4) is 0 Å². The third-order valence-electron chi connectivity index (χ3n) is 3.20. The lowest BCUT2D eigenvalue weighted by atomic mass is 10.1. The highest BCUT2D eigenvalue weighted by atomic mass is 19.3. The first-order valence-corrected chi connectivity index (χ1v) is 5.95. The second-order valence-electron chi connectivity index (χ2n) is 4.38. The number of imide groups is 1. The summed E-state index contributed by atoms with van der Waals surface area (Å²) in [6.45, 7) is 0. The Balaban J connectivity index is 2.00. The topological polar surface area (TPSA) is 37.4 Å². The molecule has 1 aliphatic heterocycles. The highest BCUT2D eigenvalue weighted by Crippen LogP contribution is 2.29. The Hall–Kier alpha value is -2.56. The van der Waals surface area contributed by atoms with Gasteiger partial charge in [0, 0.05) is 5.56 Å². The summed E-state index contributed by atoms with van der Waals surface area (Å²) in [6, 6.07) is 11.6. The first-order chi connectivity index (χ1) is 9.59. The Morgan fingerprint density at radius 2 is 1.30 bits per heavy atom. The zero-order valence-electron chi connectivity index (χ0n) is 10.2. The van der Waals surface area contributed by atoms with E-state index in [-0.39, 0.29) is 5.56 Å². The summed E-state index contributed by atoms with van der Waals surface area (Å²) < 4.78 is 25.0. The largest absolute Gasteiger partial charge is 0.268 e. The van der Waals surface area contributed by atoms with Crippen molar-refractivity contribution >= 4 is 17.5 Å². The zero-order valence-corrected chi connectivity index (χ0v) is 10.2. The van der Waals surface area contributed by atoms with Crippen molar-refractivity contribution < 1.29 is 18.4 Å². The van der Waals surface area contributed by atoms with Crippen LogP contribution in [0.3, 0.4) is 0 Å². The quantitative estimate of drug-likeness (QED) is 0.786. The fourth-order valence-electron chi connectivity index (χ4n) is 2.19. The normalized spacial score (nSPS) is 14.1. The van der Waals surface area contributed by atoms with Crippen LogP contribution in [-0.4, -0.2) is 11.8 Å².